The topological polar surface area (TPSA) is 0 Å². The van der Waals surface area contributed by atoms with Crippen molar-refractivity contribution in [3.05, 3.63) is 0 Å². The third-order valence-corrected chi connectivity index (χ3v) is 3.21. The van der Waals surface area contributed by atoms with Crippen LogP contribution in [-0.4, -0.2) is 11.5 Å². The Balaban J connectivity index is 3.20. The maximum absolute atomic E-state index is 2.28. The Hall–Kier alpha value is 0.350. The van der Waals surface area contributed by atoms with Crippen molar-refractivity contribution in [2.75, 3.05) is 6.26 Å². The second-order valence-electron chi connectivity index (χ2n) is 3.14. The molecule has 0 aliphatic carbocycles. The van der Waals surface area contributed by atoms with Gasteiger partial charge in [0.15, 0.2) is 0 Å². The fraction of sp³-hybridized carbons (Fsp3) is 1.00. The van der Waals surface area contributed by atoms with Crippen LogP contribution < -0.4 is 0 Å². The highest BCUT2D eigenvalue weighted by atomic mass is 32.2. The van der Waals surface area contributed by atoms with Gasteiger partial charge in [-0.15, -0.1) is 0 Å². The van der Waals surface area contributed by atoms with E-state index in [1.807, 2.05) is 11.8 Å². The Morgan fingerprint density at radius 3 is 2.18 bits per heavy atom. The average Bonchev–Trinajstić information content (AvgIpc) is 2.03. The van der Waals surface area contributed by atoms with Gasteiger partial charge in [-0.05, 0) is 19.1 Å². The van der Waals surface area contributed by atoms with Crippen molar-refractivity contribution in [1.82, 2.24) is 0 Å². The van der Waals surface area contributed by atoms with Crippen LogP contribution in [0.4, 0.5) is 0 Å². The molecule has 1 atom stereocenters. The van der Waals surface area contributed by atoms with Gasteiger partial charge in [-0.25, -0.2) is 0 Å². The number of hydrogen-bond acceptors (Lipinski definition) is 1. The molecule has 0 aromatic rings. The highest BCUT2D eigenvalue weighted by Crippen LogP contribution is 2.19. The van der Waals surface area contributed by atoms with Crippen molar-refractivity contribution in [2.24, 2.45) is 0 Å². The Morgan fingerprint density at radius 2 is 1.73 bits per heavy atom. The molecule has 0 fully saturated rings. The number of hydrogen-bond donors (Lipinski definition) is 0. The summed E-state index contributed by atoms with van der Waals surface area (Å²) in [7, 11) is 0. The minimum atomic E-state index is 0.937. The molecule has 0 amide bonds. The van der Waals surface area contributed by atoms with Crippen LogP contribution in [-0.2, 0) is 0 Å². The van der Waals surface area contributed by atoms with E-state index in [0.29, 0.717) is 0 Å². The van der Waals surface area contributed by atoms with Gasteiger partial charge >= 0.3 is 0 Å². The Morgan fingerprint density at radius 1 is 1.00 bits per heavy atom. The van der Waals surface area contributed by atoms with Crippen LogP contribution in [0, 0.1) is 0 Å². The van der Waals surface area contributed by atoms with Gasteiger partial charge < -0.3 is 0 Å². The molecule has 1 heteroatoms. The fourth-order valence-corrected chi connectivity index (χ4v) is 2.20. The summed E-state index contributed by atoms with van der Waals surface area (Å²) in [6.45, 7) is 4.55. The van der Waals surface area contributed by atoms with Crippen LogP contribution >= 0.6 is 11.8 Å². The van der Waals surface area contributed by atoms with E-state index in [4.69, 9.17) is 0 Å². The van der Waals surface area contributed by atoms with Gasteiger partial charge in [-0.3, -0.25) is 0 Å². The summed E-state index contributed by atoms with van der Waals surface area (Å²) in [5.74, 6) is 0. The monoisotopic (exact) mass is 174 g/mol. The van der Waals surface area contributed by atoms with E-state index in [0.717, 1.165) is 5.25 Å². The lowest BCUT2D eigenvalue weighted by Gasteiger charge is -2.11. The van der Waals surface area contributed by atoms with E-state index < -0.39 is 0 Å². The maximum Gasteiger partial charge on any atom is 0.00441 e. The summed E-state index contributed by atoms with van der Waals surface area (Å²) in [4.78, 5) is 0. The number of thioether (sulfide) groups is 1. The van der Waals surface area contributed by atoms with Crippen molar-refractivity contribution >= 4 is 11.8 Å². The standard InChI is InChI=1S/C10H22S/c1-4-6-7-9-10(11-3)8-5-2/h10H,4-9H2,1-3H3. The van der Waals surface area contributed by atoms with Crippen molar-refractivity contribution in [2.45, 2.75) is 57.6 Å². The molecule has 0 spiro atoms. The predicted octanol–water partition coefficient (Wildman–Crippen LogP) is 4.10. The molecular weight excluding hydrogens is 152 g/mol. The lowest BCUT2D eigenvalue weighted by Crippen LogP contribution is -2.00. The SMILES string of the molecule is CCCCCC(CCC)SC. The highest BCUT2D eigenvalue weighted by molar-refractivity contribution is 7.99. The fourth-order valence-electron chi connectivity index (χ4n) is 1.32. The zero-order valence-corrected chi connectivity index (χ0v) is 9.04. The molecule has 0 aliphatic rings. The van der Waals surface area contributed by atoms with Crippen LogP contribution in [0.1, 0.15) is 52.4 Å². The third kappa shape index (κ3) is 6.74. The second-order valence-corrected chi connectivity index (χ2v) is 4.28. The molecule has 0 aromatic carbocycles. The number of rotatable bonds is 7. The van der Waals surface area contributed by atoms with Gasteiger partial charge in [0.25, 0.3) is 0 Å². The van der Waals surface area contributed by atoms with Crippen LogP contribution in [0.3, 0.4) is 0 Å². The Bertz CT molecular complexity index is 71.3. The molecule has 0 N–H and O–H groups in total. The molecule has 0 radical (unpaired) electrons. The molecule has 0 saturated carbocycles. The molecule has 0 heterocycles. The Kier molecular flexibility index (Phi) is 8.72. The molecule has 0 saturated heterocycles. The first-order valence-electron chi connectivity index (χ1n) is 4.87. The second kappa shape index (κ2) is 8.45. The zero-order valence-electron chi connectivity index (χ0n) is 8.23. The largest absolute Gasteiger partial charge is 0.162 e. The summed E-state index contributed by atoms with van der Waals surface area (Å²) in [5.41, 5.74) is 0. The van der Waals surface area contributed by atoms with Crippen LogP contribution in [0.25, 0.3) is 0 Å². The minimum Gasteiger partial charge on any atom is -0.162 e. The quantitative estimate of drug-likeness (QED) is 0.524. The molecule has 0 nitrogen and oxygen atoms in total. The zero-order chi connectivity index (χ0) is 8.53. The van der Waals surface area contributed by atoms with Crippen molar-refractivity contribution in [3.63, 3.8) is 0 Å². The van der Waals surface area contributed by atoms with Gasteiger partial charge in [-0.2, -0.15) is 11.8 Å². The highest BCUT2D eigenvalue weighted by Gasteiger charge is 2.03. The number of unbranched alkanes of at least 4 members (excludes halogenated alkanes) is 2. The Labute approximate surface area is 76.1 Å². The van der Waals surface area contributed by atoms with Crippen LogP contribution in [0.2, 0.25) is 0 Å². The van der Waals surface area contributed by atoms with E-state index in [1.165, 1.54) is 38.5 Å². The first-order valence-corrected chi connectivity index (χ1v) is 6.16. The van der Waals surface area contributed by atoms with Gasteiger partial charge in [-0.1, -0.05) is 39.5 Å². The lowest BCUT2D eigenvalue weighted by molar-refractivity contribution is 0.615. The predicted molar refractivity (Wildman–Crippen MR) is 56.4 cm³/mol. The molecule has 0 bridgehead atoms. The maximum atomic E-state index is 2.28. The van der Waals surface area contributed by atoms with Crippen LogP contribution in [0.5, 0.6) is 0 Å². The smallest absolute Gasteiger partial charge is 0.00441 e. The summed E-state index contributed by atoms with van der Waals surface area (Å²) in [6, 6.07) is 0. The summed E-state index contributed by atoms with van der Waals surface area (Å²) in [5, 5.41) is 0.937. The molecule has 0 rings (SSSR count). The lowest BCUT2D eigenvalue weighted by atomic mass is 10.1. The van der Waals surface area contributed by atoms with Crippen molar-refractivity contribution < 1.29 is 0 Å². The first kappa shape index (κ1) is 11.4. The average molecular weight is 174 g/mol. The summed E-state index contributed by atoms with van der Waals surface area (Å²) in [6.07, 6.45) is 10.6. The van der Waals surface area contributed by atoms with E-state index in [-0.39, 0.29) is 0 Å². The normalized spacial score (nSPS) is 13.4. The third-order valence-electron chi connectivity index (χ3n) is 2.07. The van der Waals surface area contributed by atoms with Crippen LogP contribution in [0.15, 0.2) is 0 Å². The minimum absolute atomic E-state index is 0.937. The summed E-state index contributed by atoms with van der Waals surface area (Å²) < 4.78 is 0. The van der Waals surface area contributed by atoms with E-state index in [9.17, 15) is 0 Å². The van der Waals surface area contributed by atoms with Crippen molar-refractivity contribution in [1.29, 1.82) is 0 Å². The van der Waals surface area contributed by atoms with Gasteiger partial charge in [0, 0.05) is 5.25 Å². The van der Waals surface area contributed by atoms with Gasteiger partial charge in [0.05, 0.1) is 0 Å². The summed E-state index contributed by atoms with van der Waals surface area (Å²) >= 11 is 2.04. The molecule has 1 unspecified atom stereocenters. The molecule has 68 valence electrons. The first-order chi connectivity index (χ1) is 5.35. The van der Waals surface area contributed by atoms with Gasteiger partial charge in [0.2, 0.25) is 0 Å². The molecule has 0 aliphatic heterocycles. The van der Waals surface area contributed by atoms with E-state index >= 15 is 0 Å². The van der Waals surface area contributed by atoms with Gasteiger partial charge in [0.1, 0.15) is 0 Å². The molecule has 11 heavy (non-hydrogen) atoms. The van der Waals surface area contributed by atoms with E-state index in [2.05, 4.69) is 20.1 Å². The molecular formula is C10H22S. The molecule has 0 aromatic heterocycles. The van der Waals surface area contributed by atoms with E-state index in [1.54, 1.807) is 0 Å². The van der Waals surface area contributed by atoms with Crippen molar-refractivity contribution in [3.8, 4) is 0 Å².